The lowest BCUT2D eigenvalue weighted by atomic mass is 9.90. The van der Waals surface area contributed by atoms with E-state index >= 15 is 42.3 Å². The smallest absolute Gasteiger partial charge is 0.379 e. The van der Waals surface area contributed by atoms with E-state index in [1.165, 1.54) is 78.6 Å². The zero-order valence-electron chi connectivity index (χ0n) is 61.8. The maximum Gasteiger partial charge on any atom is 0.422 e. The van der Waals surface area contributed by atoms with E-state index in [0.29, 0.717) is 76.3 Å². The lowest BCUT2D eigenvalue weighted by Gasteiger charge is -2.45. The molecule has 3 N–H and O–H groups in total. The second-order valence-electron chi connectivity index (χ2n) is 30.0. The largest absolute Gasteiger partial charge is 0.422 e. The number of alkyl halides is 3. The minimum absolute atomic E-state index is 0.0464. The van der Waals surface area contributed by atoms with Crippen LogP contribution in [0.3, 0.4) is 0 Å². The van der Waals surface area contributed by atoms with E-state index in [0.717, 1.165) is 9.80 Å². The fraction of sp³-hybridized carbons (Fsp3) is 0.750. The van der Waals surface area contributed by atoms with Crippen molar-refractivity contribution in [1.82, 2.24) is 60.0 Å². The molecule has 8 rings (SSSR count). The topological polar surface area (TPSA) is 289 Å². The molecule has 0 aromatic heterocycles. The van der Waals surface area contributed by atoms with Crippen LogP contribution in [-0.2, 0) is 79.6 Å². The van der Waals surface area contributed by atoms with Crippen molar-refractivity contribution in [3.8, 4) is 0 Å². The molecular formula is C72H107F5N12O14. The molecule has 574 valence electrons. The molecule has 7 aliphatic rings. The number of nitrogens with one attached hydrogen (secondary N) is 3. The predicted octanol–water partition coefficient (Wildman–Crippen LogP) is 4.02. The summed E-state index contributed by atoms with van der Waals surface area (Å²) in [4.78, 5) is 192. The van der Waals surface area contributed by atoms with Gasteiger partial charge in [-0.3, -0.25) is 57.5 Å². The molecule has 1 aromatic rings. The van der Waals surface area contributed by atoms with Crippen molar-refractivity contribution in [2.24, 2.45) is 17.8 Å². The van der Waals surface area contributed by atoms with Crippen LogP contribution in [0.15, 0.2) is 12.1 Å². The number of aryl methyl sites for hydroxylation is 1. The quantitative estimate of drug-likeness (QED) is 0.186. The van der Waals surface area contributed by atoms with Crippen molar-refractivity contribution < 1.29 is 89.0 Å². The van der Waals surface area contributed by atoms with Gasteiger partial charge in [0.25, 0.3) is 0 Å². The maximum absolute atomic E-state index is 15.9. The average Bonchev–Trinajstić information content (AvgIpc) is 1.55. The Labute approximate surface area is 600 Å². The average molecular weight is 1460 g/mol. The van der Waals surface area contributed by atoms with Crippen molar-refractivity contribution in [2.45, 2.75) is 242 Å². The molecule has 12 atom stereocenters. The van der Waals surface area contributed by atoms with Crippen molar-refractivity contribution in [3.63, 3.8) is 0 Å². The molecule has 0 radical (unpaired) electrons. The van der Waals surface area contributed by atoms with Gasteiger partial charge in [-0.2, -0.15) is 13.2 Å². The van der Waals surface area contributed by atoms with E-state index in [2.05, 4.69) is 16.0 Å². The highest BCUT2D eigenvalue weighted by Crippen LogP contribution is 2.39. The number of likely N-dealkylation sites (N-methyl/N-ethyl adjacent to an activating group) is 6. The molecule has 2 aliphatic carbocycles. The second-order valence-corrected chi connectivity index (χ2v) is 30.0. The summed E-state index contributed by atoms with van der Waals surface area (Å²) in [5.74, 6) is -13.7. The van der Waals surface area contributed by atoms with Crippen LogP contribution in [0.5, 0.6) is 0 Å². The Morgan fingerprint density at radius 1 is 0.670 bits per heavy atom. The molecule has 12 amide bonds. The molecule has 2 unspecified atom stereocenters. The third-order valence-electron chi connectivity index (χ3n) is 22.6. The molecule has 26 nitrogen and oxygen atoms in total. The zero-order chi connectivity index (χ0) is 75.9. The van der Waals surface area contributed by atoms with Crippen LogP contribution < -0.4 is 16.0 Å². The highest BCUT2D eigenvalue weighted by atomic mass is 19.4. The summed E-state index contributed by atoms with van der Waals surface area (Å²) in [6.07, 6.45) is -0.852. The monoisotopic (exact) mass is 1460 g/mol. The van der Waals surface area contributed by atoms with E-state index in [4.69, 9.17) is 9.47 Å². The number of rotatable bonds is 13. The van der Waals surface area contributed by atoms with E-state index in [-0.39, 0.29) is 102 Å². The van der Waals surface area contributed by atoms with E-state index in [1.807, 2.05) is 27.7 Å². The van der Waals surface area contributed by atoms with E-state index in [9.17, 15) is 37.1 Å². The van der Waals surface area contributed by atoms with Gasteiger partial charge < -0.3 is 69.5 Å². The summed E-state index contributed by atoms with van der Waals surface area (Å²) in [5, 5.41) is 8.52. The number of hydrogen-bond donors (Lipinski definition) is 3. The normalized spacial score (nSPS) is 29.0. The van der Waals surface area contributed by atoms with Crippen LogP contribution in [0.2, 0.25) is 0 Å². The standard InChI is InChI=1S/C72H107F5N12O14/c1-13-32-102-40-55-65(96)81(7)37-56(90)78-50(26-23-44-34-48(73)58(49(74)35-44)72(75,76)77)64(95)87-30-19-22-51(87)62(93)80-71(28-17-18-29-71)70(101)86(12)60(45-20-15-16-21-45)69(100)84(10)54(67(98)89-46-24-25-47(89)39-103-38-46)36-57(91)83(9)53(33-41(3)4)61(92)79-59(42(5)14-2)68(99)82(8)43(6)63(94)88-31-27-52(88)66(97)85(55)11/h34-35,41-43,45-47,50-55,59-60H,13-33,36-40H2,1-12H3,(H,78,90)(H,79,92)(H,80,93)/t42-,43-,46?,47?,50-,51-,52-,53-,54-,55-,59-,60-/m0/s1. The number of nitrogens with zero attached hydrogens (tertiary/aromatic N) is 9. The van der Waals surface area contributed by atoms with Crippen molar-refractivity contribution in [2.75, 3.05) is 88.3 Å². The molecular weight excluding hydrogens is 1350 g/mol. The second kappa shape index (κ2) is 34.6. The number of carbonyl (C=O) groups excluding carboxylic acids is 12. The summed E-state index contributed by atoms with van der Waals surface area (Å²) in [7, 11) is 8.28. The van der Waals surface area contributed by atoms with Gasteiger partial charge in [-0.15, -0.1) is 0 Å². The van der Waals surface area contributed by atoms with Crippen molar-refractivity contribution in [1.29, 1.82) is 0 Å². The Bertz CT molecular complexity index is 3280. The van der Waals surface area contributed by atoms with Gasteiger partial charge in [0.05, 0.1) is 44.9 Å². The first-order valence-electron chi connectivity index (χ1n) is 36.7. The van der Waals surface area contributed by atoms with Crippen LogP contribution in [-0.4, -0.2) is 275 Å². The minimum atomic E-state index is -5.40. The third kappa shape index (κ3) is 18.0. The van der Waals surface area contributed by atoms with Gasteiger partial charge in [-0.05, 0) is 126 Å². The van der Waals surface area contributed by atoms with E-state index in [1.54, 1.807) is 11.8 Å². The van der Waals surface area contributed by atoms with E-state index < -0.39 is 192 Å². The molecule has 103 heavy (non-hydrogen) atoms. The molecule has 1 spiro atoms. The predicted molar refractivity (Wildman–Crippen MR) is 365 cm³/mol. The number of amides is 12. The number of morpholine rings is 1. The summed E-state index contributed by atoms with van der Waals surface area (Å²) in [6.45, 7) is 9.97. The molecule has 31 heteroatoms. The van der Waals surface area contributed by atoms with Gasteiger partial charge in [0.2, 0.25) is 70.9 Å². The fourth-order valence-electron chi connectivity index (χ4n) is 16.0. The Morgan fingerprint density at radius 3 is 1.86 bits per heavy atom. The highest BCUT2D eigenvalue weighted by molar-refractivity contribution is 6.01. The van der Waals surface area contributed by atoms with Crippen LogP contribution in [0, 0.1) is 29.4 Å². The first kappa shape index (κ1) is 81.1. The van der Waals surface area contributed by atoms with Crippen LogP contribution in [0.25, 0.3) is 0 Å². The van der Waals surface area contributed by atoms with Crippen LogP contribution in [0.1, 0.15) is 168 Å². The molecule has 2 saturated carbocycles. The van der Waals surface area contributed by atoms with Crippen molar-refractivity contribution in [3.05, 3.63) is 34.9 Å². The van der Waals surface area contributed by atoms with Gasteiger partial charge in [0.1, 0.15) is 77.1 Å². The highest BCUT2D eigenvalue weighted by Gasteiger charge is 2.53. The number of hydrogen-bond acceptors (Lipinski definition) is 14. The Balaban J connectivity index is 1.19. The van der Waals surface area contributed by atoms with Gasteiger partial charge in [0.15, 0.2) is 0 Å². The van der Waals surface area contributed by atoms with Crippen LogP contribution >= 0.6 is 0 Å². The number of benzene rings is 1. The lowest BCUT2D eigenvalue weighted by molar-refractivity contribution is -0.161. The molecule has 5 aliphatic heterocycles. The number of ether oxygens (including phenoxy) is 2. The summed E-state index contributed by atoms with van der Waals surface area (Å²) in [5.41, 5.74) is -4.10. The summed E-state index contributed by atoms with van der Waals surface area (Å²) in [6, 6.07) is -11.8. The SMILES string of the molecule is CCCOC[C@H]1C(=O)N(C)CC(=O)N[C@@H](CCc2cc(F)c(C(F)(F)F)c(F)c2)C(=O)N2CCC[C@H]2C(=O)NC2(CCCC2)C(=O)N(C)[C@@H](C2CCCC2)C(=O)N(C)[C@H](C(=O)N2C3CCC2COC3)CC(=O)N(C)[C@@H](CC(C)C)C(=O)N[C@@H]([C@@H](C)CC)C(=O)N(C)[C@@H](C)C(=O)N2CC[C@H]2C(=O)N1C. The maximum atomic E-state index is 15.9. The third-order valence-corrected chi connectivity index (χ3v) is 22.6. The fourth-order valence-corrected chi connectivity index (χ4v) is 16.0. The Kier molecular flexibility index (Phi) is 27.2. The van der Waals surface area contributed by atoms with Gasteiger partial charge in [0, 0.05) is 62.0 Å². The Hall–Kier alpha value is -7.57. The molecule has 7 fully saturated rings. The minimum Gasteiger partial charge on any atom is -0.379 e. The lowest BCUT2D eigenvalue weighted by Crippen LogP contribution is -2.65. The molecule has 1 aromatic carbocycles. The Morgan fingerprint density at radius 2 is 1.29 bits per heavy atom. The van der Waals surface area contributed by atoms with Crippen molar-refractivity contribution >= 4 is 70.9 Å². The van der Waals surface area contributed by atoms with Crippen LogP contribution in [0.4, 0.5) is 22.0 Å². The zero-order valence-corrected chi connectivity index (χ0v) is 61.8. The first-order chi connectivity index (χ1) is 48.6. The van der Waals surface area contributed by atoms with Gasteiger partial charge >= 0.3 is 6.18 Å². The number of fused-ring (bicyclic) bond motifs is 4. The number of carbonyl (C=O) groups is 12. The summed E-state index contributed by atoms with van der Waals surface area (Å²) >= 11 is 0. The summed E-state index contributed by atoms with van der Waals surface area (Å²) < 4.78 is 83.1. The molecule has 2 bridgehead atoms. The number of halogens is 5. The van der Waals surface area contributed by atoms with Gasteiger partial charge in [-0.1, -0.05) is 66.7 Å². The molecule has 5 saturated heterocycles. The van der Waals surface area contributed by atoms with Gasteiger partial charge in [-0.25, -0.2) is 8.78 Å². The molecule has 5 heterocycles. The first-order valence-corrected chi connectivity index (χ1v) is 36.7.